The van der Waals surface area contributed by atoms with E-state index in [-0.39, 0.29) is 47.5 Å². The summed E-state index contributed by atoms with van der Waals surface area (Å²) in [6.07, 6.45) is 6.01. The Morgan fingerprint density at radius 1 is 1.48 bits per heavy atom. The van der Waals surface area contributed by atoms with Crippen molar-refractivity contribution in [1.29, 1.82) is 0 Å². The van der Waals surface area contributed by atoms with Crippen LogP contribution in [0.1, 0.15) is 44.9 Å². The molecule has 0 aliphatic heterocycles. The molecule has 0 saturated heterocycles. The zero-order chi connectivity index (χ0) is 14.8. The average Bonchev–Trinajstić information content (AvgIpc) is 2.81. The number of ether oxygens (including phenoxy) is 1. The molecule has 1 saturated carbocycles. The van der Waals surface area contributed by atoms with Crippen molar-refractivity contribution in [3.63, 3.8) is 0 Å². The topological polar surface area (TPSA) is 53.1 Å². The Kier molecular flexibility index (Phi) is 4.48. The molecule has 5 heteroatoms. The zero-order valence-corrected chi connectivity index (χ0v) is 17.7. The molecular formula is C16H25N3OU. The van der Waals surface area contributed by atoms with Gasteiger partial charge in [0.05, 0.1) is 5.69 Å². The summed E-state index contributed by atoms with van der Waals surface area (Å²) in [5.41, 5.74) is 8.85. The molecule has 1 heterocycles. The molecule has 21 heavy (non-hydrogen) atoms. The monoisotopic (exact) mass is 513 g/mol. The molecule has 4 nitrogen and oxygen atoms in total. The molecule has 0 spiro atoms. The second kappa shape index (κ2) is 5.37. The van der Waals surface area contributed by atoms with E-state index in [4.69, 9.17) is 15.6 Å². The molecule has 1 aromatic rings. The maximum Gasteiger partial charge on any atom is 2.00 e. The van der Waals surface area contributed by atoms with Crippen molar-refractivity contribution in [2.45, 2.75) is 51.0 Å². The Bertz CT molecular complexity index is 542. The second-order valence-electron chi connectivity index (χ2n) is 7.05. The van der Waals surface area contributed by atoms with Crippen molar-refractivity contribution in [3.8, 4) is 0 Å². The molecule has 0 bridgehead atoms. The van der Waals surface area contributed by atoms with Gasteiger partial charge in [0, 0.05) is 24.2 Å². The SMILES string of the molecule is [CH2-]CO[C-]1CC[C@]2(C)c3nn(C)cc3CC2(N)C1(C)C.[U+2]. The Morgan fingerprint density at radius 2 is 2.14 bits per heavy atom. The van der Waals surface area contributed by atoms with Crippen LogP contribution in [0.3, 0.4) is 0 Å². The maximum absolute atomic E-state index is 6.97. The van der Waals surface area contributed by atoms with Crippen molar-refractivity contribution in [3.05, 3.63) is 30.5 Å². The molecule has 1 unspecified atom stereocenters. The average molecular weight is 513 g/mol. The van der Waals surface area contributed by atoms with Crippen LogP contribution in [0, 0.1) is 49.6 Å². The van der Waals surface area contributed by atoms with Crippen LogP contribution in [-0.4, -0.2) is 21.9 Å². The first kappa shape index (κ1) is 17.5. The predicted molar refractivity (Wildman–Crippen MR) is 78.7 cm³/mol. The van der Waals surface area contributed by atoms with E-state index in [2.05, 4.69) is 33.9 Å². The molecule has 0 radical (unpaired) electrons. The van der Waals surface area contributed by atoms with Gasteiger partial charge in [-0.3, -0.25) is 4.68 Å². The van der Waals surface area contributed by atoms with Gasteiger partial charge in [-0.2, -0.15) is 17.6 Å². The summed E-state index contributed by atoms with van der Waals surface area (Å²) in [6, 6.07) is 0. The molecule has 2 aliphatic rings. The van der Waals surface area contributed by atoms with Gasteiger partial charge in [-0.1, -0.05) is 27.2 Å². The molecule has 2 atom stereocenters. The molecule has 114 valence electrons. The smallest absolute Gasteiger partial charge is 0.574 e. The number of aromatic nitrogens is 2. The third kappa shape index (κ3) is 2.11. The van der Waals surface area contributed by atoms with Crippen LogP contribution in [0.2, 0.25) is 0 Å². The zero-order valence-electron chi connectivity index (χ0n) is 13.5. The fourth-order valence-corrected chi connectivity index (χ4v) is 4.39. The number of nitrogens with two attached hydrogens (primary N) is 1. The van der Waals surface area contributed by atoms with E-state index in [9.17, 15) is 0 Å². The quantitative estimate of drug-likeness (QED) is 0.617. The number of hydrogen-bond acceptors (Lipinski definition) is 3. The van der Waals surface area contributed by atoms with Gasteiger partial charge in [0.25, 0.3) is 0 Å². The van der Waals surface area contributed by atoms with E-state index in [1.165, 1.54) is 11.3 Å². The predicted octanol–water partition coefficient (Wildman–Crippen LogP) is 2.13. The van der Waals surface area contributed by atoms with Gasteiger partial charge in [-0.25, -0.2) is 0 Å². The summed E-state index contributed by atoms with van der Waals surface area (Å²) in [6.45, 7) is 11.0. The van der Waals surface area contributed by atoms with Gasteiger partial charge >= 0.3 is 31.1 Å². The summed E-state index contributed by atoms with van der Waals surface area (Å²) < 4.78 is 7.73. The summed E-state index contributed by atoms with van der Waals surface area (Å²) in [5.74, 6) is 0. The fraction of sp³-hybridized carbons (Fsp3) is 0.688. The third-order valence-electron chi connectivity index (χ3n) is 5.82. The van der Waals surface area contributed by atoms with Crippen molar-refractivity contribution in [1.82, 2.24) is 9.78 Å². The first-order chi connectivity index (χ1) is 9.26. The van der Waals surface area contributed by atoms with Crippen LogP contribution in [0.25, 0.3) is 0 Å². The minimum Gasteiger partial charge on any atom is -0.574 e. The van der Waals surface area contributed by atoms with Crippen molar-refractivity contribution in [2.75, 3.05) is 6.61 Å². The largest absolute Gasteiger partial charge is 2.00 e. The van der Waals surface area contributed by atoms with E-state index in [1.807, 2.05) is 11.7 Å². The van der Waals surface area contributed by atoms with Gasteiger partial charge in [0.2, 0.25) is 0 Å². The van der Waals surface area contributed by atoms with E-state index in [1.54, 1.807) is 0 Å². The molecule has 2 N–H and O–H groups in total. The Morgan fingerprint density at radius 3 is 2.76 bits per heavy atom. The number of aryl methyl sites for hydroxylation is 1. The van der Waals surface area contributed by atoms with Crippen LogP contribution >= 0.6 is 0 Å². The molecule has 0 amide bonds. The minimum absolute atomic E-state index is 0. The molecular weight excluding hydrogens is 488 g/mol. The van der Waals surface area contributed by atoms with Crippen LogP contribution < -0.4 is 5.73 Å². The van der Waals surface area contributed by atoms with Crippen LogP contribution in [0.4, 0.5) is 0 Å². The fourth-order valence-electron chi connectivity index (χ4n) is 4.39. The normalized spacial score (nSPS) is 34.2. The van der Waals surface area contributed by atoms with E-state index >= 15 is 0 Å². The summed E-state index contributed by atoms with van der Waals surface area (Å²) in [7, 11) is 1.98. The Labute approximate surface area is 151 Å². The first-order valence-corrected chi connectivity index (χ1v) is 7.36. The summed E-state index contributed by atoms with van der Waals surface area (Å²) in [5, 5.41) is 4.70. The molecule has 1 aromatic heterocycles. The van der Waals surface area contributed by atoms with Gasteiger partial charge in [0.1, 0.15) is 0 Å². The number of nitrogens with zero attached hydrogens (tertiary/aromatic N) is 2. The van der Waals surface area contributed by atoms with Crippen LogP contribution in [0.5, 0.6) is 0 Å². The summed E-state index contributed by atoms with van der Waals surface area (Å²) >= 11 is 0. The maximum atomic E-state index is 6.97. The van der Waals surface area contributed by atoms with Crippen LogP contribution in [-0.2, 0) is 23.6 Å². The van der Waals surface area contributed by atoms with Crippen molar-refractivity contribution < 1.29 is 35.9 Å². The molecule has 2 aliphatic carbocycles. The van der Waals surface area contributed by atoms with E-state index in [0.717, 1.165) is 25.4 Å². The third-order valence-corrected chi connectivity index (χ3v) is 5.82. The van der Waals surface area contributed by atoms with Gasteiger partial charge in [0.15, 0.2) is 0 Å². The Balaban J connectivity index is 0.00000161. The first-order valence-electron chi connectivity index (χ1n) is 7.36. The number of hydrogen-bond donors (Lipinski definition) is 1. The van der Waals surface area contributed by atoms with E-state index in [0.29, 0.717) is 6.61 Å². The van der Waals surface area contributed by atoms with Gasteiger partial charge in [-0.15, -0.1) is 12.0 Å². The molecule has 1 fully saturated rings. The van der Waals surface area contributed by atoms with Crippen molar-refractivity contribution >= 4 is 0 Å². The standard InChI is InChI=1S/C16H25N3O.U/c1-6-20-12-7-8-15(4)13-11(10-19(5)18-13)9-16(15,17)14(12,2)3;/h10H,1,6-9,17H2,2-5H3;/q-2;+2/t15-,16?;/m1./s1. The number of rotatable bonds is 2. The van der Waals surface area contributed by atoms with E-state index < -0.39 is 0 Å². The van der Waals surface area contributed by atoms with Gasteiger partial charge < -0.3 is 17.4 Å². The minimum atomic E-state index is -0.339. The van der Waals surface area contributed by atoms with Gasteiger partial charge in [-0.05, 0) is 12.0 Å². The molecule has 0 aromatic carbocycles. The summed E-state index contributed by atoms with van der Waals surface area (Å²) in [4.78, 5) is 0. The number of fused-ring (bicyclic) bond motifs is 3. The molecule has 3 rings (SSSR count). The van der Waals surface area contributed by atoms with Crippen molar-refractivity contribution in [2.24, 2.45) is 18.2 Å². The second-order valence-corrected chi connectivity index (χ2v) is 7.05. The Hall–Kier alpha value is 0.182. The van der Waals surface area contributed by atoms with Crippen LogP contribution in [0.15, 0.2) is 6.20 Å².